The molecule has 0 radical (unpaired) electrons. The zero-order valence-corrected chi connectivity index (χ0v) is 13.1. The highest BCUT2D eigenvalue weighted by Gasteiger charge is 2.24. The topological polar surface area (TPSA) is 9.23 Å². The third-order valence-electron chi connectivity index (χ3n) is 2.52. The normalized spacial score (nSPS) is 17.4. The summed E-state index contributed by atoms with van der Waals surface area (Å²) in [6, 6.07) is 0. The molecule has 0 bridgehead atoms. The lowest BCUT2D eigenvalue weighted by Crippen LogP contribution is -2.36. The zero-order chi connectivity index (χ0) is 11.7. The van der Waals surface area contributed by atoms with Crippen molar-refractivity contribution in [2.75, 3.05) is 10.3 Å². The first kappa shape index (κ1) is 16.0. The predicted molar refractivity (Wildman–Crippen MR) is 77.3 cm³/mol. The first-order chi connectivity index (χ1) is 7.08. The molecular weight excluding hydrogens is 322 g/mol. The Morgan fingerprint density at radius 3 is 2.47 bits per heavy atom. The van der Waals surface area contributed by atoms with Gasteiger partial charge in [-0.15, -0.1) is 11.6 Å². The van der Waals surface area contributed by atoms with Crippen LogP contribution in [0.15, 0.2) is 0 Å². The van der Waals surface area contributed by atoms with E-state index in [0.29, 0.717) is 12.0 Å². The Morgan fingerprint density at radius 2 is 2.00 bits per heavy atom. The molecule has 2 atom stereocenters. The molecule has 0 aromatic heterocycles. The molecule has 1 nitrogen and oxygen atoms in total. The summed E-state index contributed by atoms with van der Waals surface area (Å²) in [7, 11) is 0. The minimum Gasteiger partial charge on any atom is -0.370 e. The Bertz CT molecular complexity index is 149. The molecule has 15 heavy (non-hydrogen) atoms. The molecule has 0 aromatic rings. The summed E-state index contributed by atoms with van der Waals surface area (Å²) < 4.78 is 6.93. The van der Waals surface area contributed by atoms with Crippen LogP contribution in [0.3, 0.4) is 0 Å². The first-order valence-electron chi connectivity index (χ1n) is 5.87. The van der Waals surface area contributed by atoms with E-state index in [1.54, 1.807) is 0 Å². The van der Waals surface area contributed by atoms with Gasteiger partial charge in [-0.2, -0.15) is 0 Å². The maximum Gasteiger partial charge on any atom is 0.0881 e. The van der Waals surface area contributed by atoms with Crippen LogP contribution >= 0.6 is 34.2 Å². The molecule has 3 heteroatoms. The van der Waals surface area contributed by atoms with E-state index in [-0.39, 0.29) is 5.60 Å². The Labute approximate surface area is 113 Å². The molecule has 0 aliphatic rings. The molecule has 0 rings (SSSR count). The van der Waals surface area contributed by atoms with Crippen molar-refractivity contribution in [1.82, 2.24) is 0 Å². The van der Waals surface area contributed by atoms with Gasteiger partial charge < -0.3 is 4.74 Å². The van der Waals surface area contributed by atoms with E-state index in [4.69, 9.17) is 16.3 Å². The number of hydrogen-bond acceptors (Lipinski definition) is 1. The summed E-state index contributed by atoms with van der Waals surface area (Å²) in [5.74, 6) is 0.579. The van der Waals surface area contributed by atoms with E-state index in [2.05, 4.69) is 43.4 Å². The SMILES string of the molecule is CCCCCCC(C)OC(C)(CCl)CI. The van der Waals surface area contributed by atoms with E-state index in [0.717, 1.165) is 10.8 Å². The van der Waals surface area contributed by atoms with E-state index in [1.165, 1.54) is 25.7 Å². The van der Waals surface area contributed by atoms with Crippen LogP contribution in [0.4, 0.5) is 0 Å². The average Bonchev–Trinajstić information content (AvgIpc) is 2.24. The van der Waals surface area contributed by atoms with E-state index in [9.17, 15) is 0 Å². The summed E-state index contributed by atoms with van der Waals surface area (Å²) in [5.41, 5.74) is -0.147. The second kappa shape index (κ2) is 9.06. The number of alkyl halides is 2. The summed E-state index contributed by atoms with van der Waals surface area (Å²) in [4.78, 5) is 0. The molecule has 0 aliphatic carbocycles. The Balaban J connectivity index is 3.67. The van der Waals surface area contributed by atoms with Crippen LogP contribution in [0.5, 0.6) is 0 Å². The van der Waals surface area contributed by atoms with Crippen molar-refractivity contribution in [3.63, 3.8) is 0 Å². The number of rotatable bonds is 9. The van der Waals surface area contributed by atoms with E-state index >= 15 is 0 Å². The van der Waals surface area contributed by atoms with Crippen molar-refractivity contribution in [3.8, 4) is 0 Å². The van der Waals surface area contributed by atoms with Gasteiger partial charge in [-0.25, -0.2) is 0 Å². The predicted octanol–water partition coefficient (Wildman–Crippen LogP) is 4.79. The van der Waals surface area contributed by atoms with Crippen LogP contribution in [-0.4, -0.2) is 22.0 Å². The monoisotopic (exact) mass is 346 g/mol. The molecular formula is C12H24ClIO. The maximum absolute atomic E-state index is 5.98. The third-order valence-corrected chi connectivity index (χ3v) is 4.69. The lowest BCUT2D eigenvalue weighted by molar-refractivity contribution is -0.0477. The largest absolute Gasteiger partial charge is 0.370 e. The Morgan fingerprint density at radius 1 is 1.33 bits per heavy atom. The van der Waals surface area contributed by atoms with Gasteiger partial charge in [-0.05, 0) is 20.3 Å². The molecule has 2 unspecified atom stereocenters. The summed E-state index contributed by atoms with van der Waals surface area (Å²) in [5, 5.41) is 0. The molecule has 92 valence electrons. The highest BCUT2D eigenvalue weighted by Crippen LogP contribution is 2.20. The molecule has 0 saturated carbocycles. The summed E-state index contributed by atoms with van der Waals surface area (Å²) in [6.45, 7) is 6.48. The van der Waals surface area contributed by atoms with Crippen molar-refractivity contribution < 1.29 is 4.74 Å². The number of halogens is 2. The summed E-state index contributed by atoms with van der Waals surface area (Å²) in [6.07, 6.45) is 6.72. The smallest absolute Gasteiger partial charge is 0.0881 e. The highest BCUT2D eigenvalue weighted by atomic mass is 127. The van der Waals surface area contributed by atoms with Gasteiger partial charge in [0.1, 0.15) is 0 Å². The van der Waals surface area contributed by atoms with Crippen LogP contribution < -0.4 is 0 Å². The Hall–Kier alpha value is 0.980. The van der Waals surface area contributed by atoms with Crippen LogP contribution in [0.25, 0.3) is 0 Å². The van der Waals surface area contributed by atoms with Crippen molar-refractivity contribution in [2.24, 2.45) is 0 Å². The zero-order valence-electron chi connectivity index (χ0n) is 10.2. The number of unbranched alkanes of at least 4 members (excludes halogenated alkanes) is 3. The van der Waals surface area contributed by atoms with E-state index in [1.807, 2.05) is 0 Å². The van der Waals surface area contributed by atoms with Crippen LogP contribution in [0.2, 0.25) is 0 Å². The quantitative estimate of drug-likeness (QED) is 0.331. The van der Waals surface area contributed by atoms with Gasteiger partial charge in [-0.1, -0.05) is 55.2 Å². The van der Waals surface area contributed by atoms with Crippen LogP contribution in [-0.2, 0) is 4.74 Å². The molecule has 0 spiro atoms. The van der Waals surface area contributed by atoms with Crippen molar-refractivity contribution >= 4 is 34.2 Å². The van der Waals surface area contributed by atoms with Gasteiger partial charge in [-0.3, -0.25) is 0 Å². The third kappa shape index (κ3) is 7.81. The molecule has 0 aliphatic heterocycles. The molecule has 0 saturated heterocycles. The van der Waals surface area contributed by atoms with Crippen molar-refractivity contribution in [1.29, 1.82) is 0 Å². The lowest BCUT2D eigenvalue weighted by Gasteiger charge is -2.29. The minimum absolute atomic E-state index is 0.147. The van der Waals surface area contributed by atoms with Gasteiger partial charge in [0.15, 0.2) is 0 Å². The lowest BCUT2D eigenvalue weighted by atomic mass is 10.1. The minimum atomic E-state index is -0.147. The summed E-state index contributed by atoms with van der Waals surface area (Å²) >= 11 is 8.25. The maximum atomic E-state index is 5.98. The fraction of sp³-hybridized carbons (Fsp3) is 1.00. The molecule has 0 N–H and O–H groups in total. The van der Waals surface area contributed by atoms with Gasteiger partial charge in [0, 0.05) is 4.43 Å². The number of ether oxygens (including phenoxy) is 1. The molecule has 0 amide bonds. The van der Waals surface area contributed by atoms with Crippen LogP contribution in [0, 0.1) is 0 Å². The molecule has 0 heterocycles. The van der Waals surface area contributed by atoms with Crippen molar-refractivity contribution in [3.05, 3.63) is 0 Å². The highest BCUT2D eigenvalue weighted by molar-refractivity contribution is 14.1. The Kier molecular flexibility index (Phi) is 9.65. The average molecular weight is 347 g/mol. The van der Waals surface area contributed by atoms with E-state index < -0.39 is 0 Å². The second-order valence-corrected chi connectivity index (χ2v) is 5.53. The number of hydrogen-bond donors (Lipinski definition) is 0. The van der Waals surface area contributed by atoms with Crippen molar-refractivity contribution in [2.45, 2.75) is 64.6 Å². The fourth-order valence-corrected chi connectivity index (χ4v) is 2.43. The van der Waals surface area contributed by atoms with Gasteiger partial charge in [0.25, 0.3) is 0 Å². The van der Waals surface area contributed by atoms with Gasteiger partial charge in [0.2, 0.25) is 0 Å². The second-order valence-electron chi connectivity index (χ2n) is 4.49. The molecule has 0 aromatic carbocycles. The molecule has 0 fully saturated rings. The first-order valence-corrected chi connectivity index (χ1v) is 7.93. The van der Waals surface area contributed by atoms with Crippen LogP contribution in [0.1, 0.15) is 52.9 Å². The van der Waals surface area contributed by atoms with Gasteiger partial charge >= 0.3 is 0 Å². The fourth-order valence-electron chi connectivity index (χ4n) is 1.50. The van der Waals surface area contributed by atoms with Gasteiger partial charge in [0.05, 0.1) is 17.6 Å². The standard InChI is InChI=1S/C12H24ClIO/c1-4-5-6-7-8-11(2)15-12(3,9-13)10-14/h11H,4-10H2,1-3H3.